The van der Waals surface area contributed by atoms with Gasteiger partial charge in [-0.1, -0.05) is 78.9 Å². The smallest absolute Gasteiger partial charge is 0.255 e. The van der Waals surface area contributed by atoms with Crippen LogP contribution in [0.1, 0.15) is 51.0 Å². The van der Waals surface area contributed by atoms with Gasteiger partial charge in [-0.3, -0.25) is 24.5 Å². The first-order valence-electron chi connectivity index (χ1n) is 14.2. The lowest BCUT2D eigenvalue weighted by atomic mass is 10.0. The molecule has 0 aromatic heterocycles. The number of benzene rings is 4. The molecular weight excluding hydrogens is 528 g/mol. The molecule has 42 heavy (non-hydrogen) atoms. The van der Waals surface area contributed by atoms with E-state index in [0.717, 1.165) is 38.6 Å². The second-order valence-corrected chi connectivity index (χ2v) is 10.9. The van der Waals surface area contributed by atoms with Crippen LogP contribution >= 0.6 is 0 Å². The van der Waals surface area contributed by atoms with Crippen LogP contribution in [0.25, 0.3) is 10.8 Å². The molecule has 2 heterocycles. The van der Waals surface area contributed by atoms with Gasteiger partial charge < -0.3 is 15.5 Å². The topological polar surface area (TPSA) is 108 Å². The number of nitrogens with zero attached hydrogens (tertiary/aromatic N) is 1. The number of fused-ring (bicyclic) bond motifs is 2. The average Bonchev–Trinajstić information content (AvgIpc) is 3.32. The Balaban J connectivity index is 0.972. The molecule has 8 nitrogen and oxygen atoms in total. The minimum absolute atomic E-state index is 0.00614. The van der Waals surface area contributed by atoms with Crippen LogP contribution in [0.4, 0.5) is 0 Å². The molecule has 4 aromatic rings. The van der Waals surface area contributed by atoms with E-state index in [1.807, 2.05) is 60.7 Å². The highest BCUT2D eigenvalue weighted by molar-refractivity contribution is 6.05. The van der Waals surface area contributed by atoms with Crippen LogP contribution in [0.3, 0.4) is 0 Å². The van der Waals surface area contributed by atoms with E-state index < -0.39 is 11.9 Å². The predicted octanol–water partition coefficient (Wildman–Crippen LogP) is 3.75. The fraction of sp³-hybridized carbons (Fsp3) is 0.235. The van der Waals surface area contributed by atoms with Crippen LogP contribution in [-0.2, 0) is 47.0 Å². The fourth-order valence-electron chi connectivity index (χ4n) is 5.75. The van der Waals surface area contributed by atoms with E-state index in [4.69, 9.17) is 0 Å². The summed E-state index contributed by atoms with van der Waals surface area (Å²) in [6.45, 7) is 2.15. The molecule has 0 bridgehead atoms. The predicted molar refractivity (Wildman–Crippen MR) is 159 cm³/mol. The van der Waals surface area contributed by atoms with Gasteiger partial charge in [-0.25, -0.2) is 0 Å². The van der Waals surface area contributed by atoms with Gasteiger partial charge in [0.25, 0.3) is 5.91 Å². The number of carbonyl (C=O) groups excluding carboxylic acids is 4. The Labute approximate surface area is 244 Å². The molecule has 0 spiro atoms. The zero-order chi connectivity index (χ0) is 29.1. The van der Waals surface area contributed by atoms with Crippen molar-refractivity contribution < 1.29 is 19.2 Å². The summed E-state index contributed by atoms with van der Waals surface area (Å²) < 4.78 is 0. The van der Waals surface area contributed by atoms with E-state index in [9.17, 15) is 19.2 Å². The van der Waals surface area contributed by atoms with Crippen molar-refractivity contribution in [3.63, 3.8) is 0 Å². The van der Waals surface area contributed by atoms with Crippen molar-refractivity contribution in [2.24, 2.45) is 0 Å². The van der Waals surface area contributed by atoms with Crippen LogP contribution in [-0.4, -0.2) is 34.6 Å². The fourth-order valence-corrected chi connectivity index (χ4v) is 5.75. The second-order valence-electron chi connectivity index (χ2n) is 10.9. The van der Waals surface area contributed by atoms with Crippen molar-refractivity contribution in [1.29, 1.82) is 0 Å². The molecule has 8 heteroatoms. The standard InChI is InChI=1S/C34H32N4O4/c39-31-15-14-30(33(41)37-31)38-21-27-16-24(12-13-29(27)34(38)42)19-35-18-22-8-10-23(11-9-22)20-36-32(40)17-26-6-3-5-25-4-1-2-7-28(25)26/h1-13,16,30,35H,14-15,17-21H2,(H,36,40)(H,37,39,41). The Hall–Kier alpha value is -4.82. The summed E-state index contributed by atoms with van der Waals surface area (Å²) in [5.74, 6) is -0.858. The number of imide groups is 1. The second kappa shape index (κ2) is 12.0. The molecule has 4 aromatic carbocycles. The molecule has 212 valence electrons. The Morgan fingerprint density at radius 1 is 0.833 bits per heavy atom. The summed E-state index contributed by atoms with van der Waals surface area (Å²) in [7, 11) is 0. The lowest BCUT2D eigenvalue weighted by molar-refractivity contribution is -0.137. The molecule has 1 atom stereocenters. The number of amides is 4. The number of piperidine rings is 1. The molecular formula is C34H32N4O4. The summed E-state index contributed by atoms with van der Waals surface area (Å²) in [6.07, 6.45) is 0.942. The number of hydrogen-bond donors (Lipinski definition) is 3. The van der Waals surface area contributed by atoms with Gasteiger partial charge >= 0.3 is 0 Å². The molecule has 0 aliphatic carbocycles. The minimum atomic E-state index is -0.607. The highest BCUT2D eigenvalue weighted by atomic mass is 16.2. The van der Waals surface area contributed by atoms with Gasteiger partial charge in [0.15, 0.2) is 0 Å². The lowest BCUT2D eigenvalue weighted by Crippen LogP contribution is -2.52. The molecule has 6 rings (SSSR count). The van der Waals surface area contributed by atoms with E-state index >= 15 is 0 Å². The monoisotopic (exact) mass is 560 g/mol. The summed E-state index contributed by atoms with van der Waals surface area (Å²) in [6, 6.07) is 27.5. The lowest BCUT2D eigenvalue weighted by Gasteiger charge is -2.29. The van der Waals surface area contributed by atoms with Gasteiger partial charge in [0, 0.05) is 38.2 Å². The zero-order valence-corrected chi connectivity index (χ0v) is 23.2. The number of nitrogens with one attached hydrogen (secondary N) is 3. The zero-order valence-electron chi connectivity index (χ0n) is 23.2. The van der Waals surface area contributed by atoms with E-state index in [-0.39, 0.29) is 24.1 Å². The van der Waals surface area contributed by atoms with Gasteiger partial charge in [-0.15, -0.1) is 0 Å². The Morgan fingerprint density at radius 2 is 1.55 bits per heavy atom. The van der Waals surface area contributed by atoms with E-state index in [0.29, 0.717) is 44.6 Å². The van der Waals surface area contributed by atoms with Crippen LogP contribution in [0, 0.1) is 0 Å². The molecule has 4 amide bonds. The van der Waals surface area contributed by atoms with E-state index in [1.54, 1.807) is 4.90 Å². The third kappa shape index (κ3) is 5.94. The maximum atomic E-state index is 12.9. The first kappa shape index (κ1) is 27.4. The molecule has 3 N–H and O–H groups in total. The molecule has 0 radical (unpaired) electrons. The van der Waals surface area contributed by atoms with Gasteiger partial charge in [-0.2, -0.15) is 0 Å². The first-order valence-corrected chi connectivity index (χ1v) is 14.2. The van der Waals surface area contributed by atoms with Crippen LogP contribution in [0.15, 0.2) is 84.9 Å². The van der Waals surface area contributed by atoms with Gasteiger partial charge in [0.2, 0.25) is 17.7 Å². The Bertz CT molecular complexity index is 1680. The average molecular weight is 561 g/mol. The first-order chi connectivity index (χ1) is 20.4. The summed E-state index contributed by atoms with van der Waals surface area (Å²) in [5.41, 5.74) is 5.75. The summed E-state index contributed by atoms with van der Waals surface area (Å²) in [5, 5.41) is 11.1. The van der Waals surface area contributed by atoms with Crippen LogP contribution < -0.4 is 16.0 Å². The molecule has 1 saturated heterocycles. The van der Waals surface area contributed by atoms with Crippen LogP contribution in [0.5, 0.6) is 0 Å². The third-order valence-corrected chi connectivity index (χ3v) is 7.99. The number of rotatable bonds is 9. The van der Waals surface area contributed by atoms with Crippen LogP contribution in [0.2, 0.25) is 0 Å². The minimum Gasteiger partial charge on any atom is -0.352 e. The molecule has 2 aliphatic heterocycles. The van der Waals surface area contributed by atoms with Crippen molar-refractivity contribution >= 4 is 34.4 Å². The van der Waals surface area contributed by atoms with Crippen molar-refractivity contribution in [1.82, 2.24) is 20.9 Å². The van der Waals surface area contributed by atoms with Crippen molar-refractivity contribution in [3.05, 3.63) is 118 Å². The molecule has 0 saturated carbocycles. The number of hydrogen-bond acceptors (Lipinski definition) is 5. The van der Waals surface area contributed by atoms with Gasteiger partial charge in [0.1, 0.15) is 6.04 Å². The maximum Gasteiger partial charge on any atom is 0.255 e. The normalized spacial score (nSPS) is 16.4. The van der Waals surface area contributed by atoms with Crippen molar-refractivity contribution in [3.8, 4) is 0 Å². The largest absolute Gasteiger partial charge is 0.352 e. The number of carbonyl (C=O) groups is 4. The SMILES string of the molecule is O=C(Cc1cccc2ccccc12)NCc1ccc(CNCc2ccc3c(c2)CN(C2CCC(=O)NC2=O)C3=O)cc1. The Morgan fingerprint density at radius 3 is 2.36 bits per heavy atom. The summed E-state index contributed by atoms with van der Waals surface area (Å²) >= 11 is 0. The quantitative estimate of drug-likeness (QED) is 0.270. The van der Waals surface area contributed by atoms with Gasteiger partial charge in [0.05, 0.1) is 6.42 Å². The molecule has 2 aliphatic rings. The third-order valence-electron chi connectivity index (χ3n) is 7.99. The summed E-state index contributed by atoms with van der Waals surface area (Å²) in [4.78, 5) is 50.8. The van der Waals surface area contributed by atoms with E-state index in [2.05, 4.69) is 40.2 Å². The van der Waals surface area contributed by atoms with Gasteiger partial charge in [-0.05, 0) is 51.1 Å². The Kier molecular flexibility index (Phi) is 7.79. The highest BCUT2D eigenvalue weighted by Crippen LogP contribution is 2.28. The maximum absolute atomic E-state index is 12.9. The van der Waals surface area contributed by atoms with Crippen molar-refractivity contribution in [2.45, 2.75) is 51.5 Å². The molecule has 1 fully saturated rings. The van der Waals surface area contributed by atoms with Crippen molar-refractivity contribution in [2.75, 3.05) is 0 Å². The van der Waals surface area contributed by atoms with E-state index in [1.165, 1.54) is 0 Å². The highest BCUT2D eigenvalue weighted by Gasteiger charge is 2.39. The molecule has 1 unspecified atom stereocenters.